The Hall–Kier alpha value is -1.43. The van der Waals surface area contributed by atoms with Gasteiger partial charge in [0.05, 0.1) is 0 Å². The Morgan fingerprint density at radius 3 is 3.12 bits per heavy atom. The van der Waals surface area contributed by atoms with Crippen molar-refractivity contribution in [2.24, 2.45) is 11.0 Å². The Morgan fingerprint density at radius 2 is 2.56 bits per heavy atom. The van der Waals surface area contributed by atoms with Crippen LogP contribution >= 0.6 is 11.3 Å². The van der Waals surface area contributed by atoms with Gasteiger partial charge in [-0.05, 0) is 25.2 Å². The van der Waals surface area contributed by atoms with Crippen LogP contribution in [0.4, 0.5) is 5.13 Å². The Morgan fingerprint density at radius 1 is 1.75 bits per heavy atom. The third-order valence-electron chi connectivity index (χ3n) is 2.54. The molecule has 1 unspecified atom stereocenters. The topological polar surface area (TPSA) is 74.6 Å². The Balaban J connectivity index is 1.96. The molecule has 0 aromatic carbocycles. The summed E-state index contributed by atoms with van der Waals surface area (Å²) >= 11 is 1.25. The van der Waals surface area contributed by atoms with E-state index in [9.17, 15) is 4.79 Å². The van der Waals surface area contributed by atoms with Gasteiger partial charge in [0.25, 0.3) is 0 Å². The number of rotatable bonds is 3. The van der Waals surface area contributed by atoms with Crippen LogP contribution in [0.25, 0.3) is 0 Å². The van der Waals surface area contributed by atoms with Crippen LogP contribution in [-0.4, -0.2) is 21.8 Å². The molecular formula is C10H13N3O2S. The fourth-order valence-corrected chi connectivity index (χ4v) is 2.30. The van der Waals surface area contributed by atoms with Gasteiger partial charge < -0.3 is 5.11 Å². The number of hydrogen-bond donors (Lipinski definition) is 2. The predicted octanol–water partition coefficient (Wildman–Crippen LogP) is 2.43. The molecule has 6 heteroatoms. The van der Waals surface area contributed by atoms with E-state index in [-0.39, 0.29) is 5.69 Å². The molecule has 1 aliphatic carbocycles. The van der Waals surface area contributed by atoms with Crippen LogP contribution in [0.1, 0.15) is 36.7 Å². The molecule has 1 aliphatic rings. The van der Waals surface area contributed by atoms with E-state index in [2.05, 4.69) is 22.4 Å². The van der Waals surface area contributed by atoms with Gasteiger partial charge in [-0.3, -0.25) is 5.43 Å². The molecule has 86 valence electrons. The molecule has 0 amide bonds. The van der Waals surface area contributed by atoms with Crippen molar-refractivity contribution in [3.63, 3.8) is 0 Å². The maximum atomic E-state index is 10.6. The average Bonchev–Trinajstić information content (AvgIpc) is 2.83. The molecule has 1 heterocycles. The lowest BCUT2D eigenvalue weighted by Crippen LogP contribution is -1.99. The molecule has 1 aromatic rings. The van der Waals surface area contributed by atoms with Crippen molar-refractivity contribution in [2.45, 2.75) is 26.2 Å². The number of hydrogen-bond acceptors (Lipinski definition) is 5. The number of anilines is 1. The first-order valence-corrected chi connectivity index (χ1v) is 6.03. The van der Waals surface area contributed by atoms with Gasteiger partial charge in [0.1, 0.15) is 0 Å². The van der Waals surface area contributed by atoms with Crippen LogP contribution in [0.5, 0.6) is 0 Å². The minimum absolute atomic E-state index is 0.0625. The molecule has 5 nitrogen and oxygen atoms in total. The maximum Gasteiger partial charge on any atom is 0.355 e. The van der Waals surface area contributed by atoms with Gasteiger partial charge in [-0.1, -0.05) is 6.92 Å². The Kier molecular flexibility index (Phi) is 3.19. The van der Waals surface area contributed by atoms with E-state index >= 15 is 0 Å². The maximum absolute atomic E-state index is 10.6. The van der Waals surface area contributed by atoms with Gasteiger partial charge >= 0.3 is 5.97 Å². The molecule has 1 saturated carbocycles. The van der Waals surface area contributed by atoms with Gasteiger partial charge in [0, 0.05) is 11.1 Å². The van der Waals surface area contributed by atoms with Crippen LogP contribution in [0.3, 0.4) is 0 Å². The fraction of sp³-hybridized carbons (Fsp3) is 0.500. The number of nitrogens with zero attached hydrogens (tertiary/aromatic N) is 2. The first kappa shape index (κ1) is 11.1. The monoisotopic (exact) mass is 239 g/mol. The Bertz CT molecular complexity index is 427. The van der Waals surface area contributed by atoms with Crippen molar-refractivity contribution in [2.75, 3.05) is 5.43 Å². The summed E-state index contributed by atoms with van der Waals surface area (Å²) in [5.41, 5.74) is 4.02. The van der Waals surface area contributed by atoms with Crippen molar-refractivity contribution in [3.8, 4) is 0 Å². The summed E-state index contributed by atoms with van der Waals surface area (Å²) in [5.74, 6) is -0.308. The lowest BCUT2D eigenvalue weighted by molar-refractivity contribution is 0.0691. The van der Waals surface area contributed by atoms with E-state index in [0.717, 1.165) is 18.6 Å². The number of nitrogens with one attached hydrogen (secondary N) is 1. The van der Waals surface area contributed by atoms with Crippen molar-refractivity contribution >= 4 is 28.1 Å². The van der Waals surface area contributed by atoms with E-state index in [1.54, 1.807) is 0 Å². The lowest BCUT2D eigenvalue weighted by Gasteiger charge is -1.97. The molecule has 2 N–H and O–H groups in total. The molecule has 1 aromatic heterocycles. The third kappa shape index (κ3) is 2.57. The zero-order chi connectivity index (χ0) is 11.5. The standard InChI is InChI=1S/C10H13N3O2S/c1-6-2-3-7(4-6)12-13-10-11-8(5-16-10)9(14)15/h5-6H,2-4H2,1H3,(H,11,13)(H,14,15)/b12-7-. The van der Waals surface area contributed by atoms with Crippen LogP contribution in [0, 0.1) is 5.92 Å². The van der Waals surface area contributed by atoms with E-state index < -0.39 is 5.97 Å². The largest absolute Gasteiger partial charge is 0.476 e. The van der Waals surface area contributed by atoms with Crippen LogP contribution in [-0.2, 0) is 0 Å². The lowest BCUT2D eigenvalue weighted by atomic mass is 10.1. The van der Waals surface area contributed by atoms with E-state index in [0.29, 0.717) is 11.0 Å². The minimum Gasteiger partial charge on any atom is -0.476 e. The number of aromatic carboxylic acids is 1. The minimum atomic E-state index is -1.01. The van der Waals surface area contributed by atoms with E-state index in [1.165, 1.54) is 23.1 Å². The first-order valence-electron chi connectivity index (χ1n) is 5.15. The molecule has 0 aliphatic heterocycles. The number of carboxylic acids is 1. The molecule has 1 atom stereocenters. The molecule has 0 radical (unpaired) electrons. The number of carbonyl (C=O) groups is 1. The van der Waals surface area contributed by atoms with E-state index in [4.69, 9.17) is 5.11 Å². The molecule has 0 spiro atoms. The van der Waals surface area contributed by atoms with Crippen molar-refractivity contribution in [1.82, 2.24) is 4.98 Å². The SMILES string of the molecule is CC1CC/C(=N/Nc2nc(C(=O)O)cs2)C1. The van der Waals surface area contributed by atoms with Crippen LogP contribution < -0.4 is 5.43 Å². The normalized spacial score (nSPS) is 22.6. The molecule has 0 bridgehead atoms. The number of hydrazone groups is 1. The third-order valence-corrected chi connectivity index (χ3v) is 3.29. The highest BCUT2D eigenvalue weighted by molar-refractivity contribution is 7.13. The zero-order valence-corrected chi connectivity index (χ0v) is 9.75. The summed E-state index contributed by atoms with van der Waals surface area (Å²) in [4.78, 5) is 14.5. The van der Waals surface area contributed by atoms with Gasteiger partial charge in [-0.25, -0.2) is 9.78 Å². The molecule has 16 heavy (non-hydrogen) atoms. The highest BCUT2D eigenvalue weighted by Gasteiger charge is 2.16. The number of aromatic nitrogens is 1. The summed E-state index contributed by atoms with van der Waals surface area (Å²) < 4.78 is 0. The highest BCUT2D eigenvalue weighted by atomic mass is 32.1. The van der Waals surface area contributed by atoms with Gasteiger partial charge in [-0.2, -0.15) is 5.10 Å². The second-order valence-electron chi connectivity index (χ2n) is 3.98. The summed E-state index contributed by atoms with van der Waals surface area (Å²) in [7, 11) is 0. The first-order chi connectivity index (χ1) is 7.65. The average molecular weight is 239 g/mol. The summed E-state index contributed by atoms with van der Waals surface area (Å²) in [5, 5.41) is 15.0. The summed E-state index contributed by atoms with van der Waals surface area (Å²) in [6.07, 6.45) is 3.22. The number of carboxylic acid groups (broad SMARTS) is 1. The van der Waals surface area contributed by atoms with Crippen molar-refractivity contribution in [1.29, 1.82) is 0 Å². The zero-order valence-electron chi connectivity index (χ0n) is 8.93. The predicted molar refractivity (Wildman–Crippen MR) is 63.1 cm³/mol. The van der Waals surface area contributed by atoms with Crippen molar-refractivity contribution < 1.29 is 9.90 Å². The Labute approximate surface area is 97.2 Å². The molecule has 0 saturated heterocycles. The van der Waals surface area contributed by atoms with Gasteiger partial charge in [0.2, 0.25) is 5.13 Å². The number of thiazole rings is 1. The van der Waals surface area contributed by atoms with Gasteiger partial charge in [-0.15, -0.1) is 11.3 Å². The van der Waals surface area contributed by atoms with Crippen LogP contribution in [0.15, 0.2) is 10.5 Å². The second-order valence-corrected chi connectivity index (χ2v) is 4.84. The fourth-order valence-electron chi connectivity index (χ4n) is 1.67. The smallest absolute Gasteiger partial charge is 0.355 e. The highest BCUT2D eigenvalue weighted by Crippen LogP contribution is 2.22. The molecule has 2 rings (SSSR count). The van der Waals surface area contributed by atoms with Crippen LogP contribution in [0.2, 0.25) is 0 Å². The second kappa shape index (κ2) is 4.61. The van der Waals surface area contributed by atoms with Crippen molar-refractivity contribution in [3.05, 3.63) is 11.1 Å². The molecular weight excluding hydrogens is 226 g/mol. The van der Waals surface area contributed by atoms with Gasteiger partial charge in [0.15, 0.2) is 5.69 Å². The molecule has 1 fully saturated rings. The summed E-state index contributed by atoms with van der Waals surface area (Å²) in [6.45, 7) is 2.20. The summed E-state index contributed by atoms with van der Waals surface area (Å²) in [6, 6.07) is 0. The van der Waals surface area contributed by atoms with E-state index in [1.807, 2.05) is 0 Å². The quantitative estimate of drug-likeness (QED) is 0.794.